The molecule has 0 aliphatic carbocycles. The maximum atomic E-state index is 4.14. The molecule has 3 nitrogen and oxygen atoms in total. The monoisotopic (exact) mass is 213 g/mol. The molecular formula is C10H19N3S. The molecule has 0 saturated heterocycles. The molecular weight excluding hydrogens is 194 g/mol. The second-order valence-electron chi connectivity index (χ2n) is 3.92. The van der Waals surface area contributed by atoms with E-state index < -0.39 is 0 Å². The molecule has 0 N–H and O–H groups in total. The standard InChI is InChI=1S/C10H19N3S/c1-9(2)7-13-8-10(11-12-13)5-4-6-14-3/h8-9H,4-7H2,1-3H3. The molecule has 0 unspecified atom stereocenters. The van der Waals surface area contributed by atoms with E-state index in [1.807, 2.05) is 16.4 Å². The van der Waals surface area contributed by atoms with Crippen LogP contribution in [0.3, 0.4) is 0 Å². The highest BCUT2D eigenvalue weighted by Gasteiger charge is 2.01. The molecule has 14 heavy (non-hydrogen) atoms. The van der Waals surface area contributed by atoms with Crippen LogP contribution >= 0.6 is 11.8 Å². The molecule has 0 atom stereocenters. The highest BCUT2D eigenvalue weighted by molar-refractivity contribution is 7.98. The Kier molecular flexibility index (Phi) is 5.01. The molecule has 0 aliphatic rings. The Hall–Kier alpha value is -0.510. The molecule has 0 aromatic carbocycles. The van der Waals surface area contributed by atoms with Gasteiger partial charge in [-0.2, -0.15) is 11.8 Å². The minimum absolute atomic E-state index is 0.635. The topological polar surface area (TPSA) is 30.7 Å². The lowest BCUT2D eigenvalue weighted by Crippen LogP contribution is -2.04. The van der Waals surface area contributed by atoms with E-state index in [9.17, 15) is 0 Å². The molecule has 0 amide bonds. The number of thioether (sulfide) groups is 1. The van der Waals surface area contributed by atoms with E-state index in [-0.39, 0.29) is 0 Å². The van der Waals surface area contributed by atoms with Crippen LogP contribution in [0.5, 0.6) is 0 Å². The maximum Gasteiger partial charge on any atom is 0.0827 e. The zero-order chi connectivity index (χ0) is 10.4. The first-order valence-corrected chi connectivity index (χ1v) is 6.49. The van der Waals surface area contributed by atoms with E-state index in [1.54, 1.807) is 0 Å². The van der Waals surface area contributed by atoms with Gasteiger partial charge in [0.25, 0.3) is 0 Å². The molecule has 1 heterocycles. The predicted octanol–water partition coefficient (Wildman–Crippen LogP) is 2.23. The van der Waals surface area contributed by atoms with Crippen LogP contribution in [-0.4, -0.2) is 27.0 Å². The smallest absolute Gasteiger partial charge is 0.0827 e. The normalized spacial score (nSPS) is 11.1. The lowest BCUT2D eigenvalue weighted by Gasteiger charge is -2.01. The molecule has 0 saturated carbocycles. The lowest BCUT2D eigenvalue weighted by atomic mass is 10.2. The molecule has 0 fully saturated rings. The minimum Gasteiger partial charge on any atom is -0.252 e. The summed E-state index contributed by atoms with van der Waals surface area (Å²) in [5.74, 6) is 1.84. The number of aryl methyl sites for hydroxylation is 1. The van der Waals surface area contributed by atoms with Crippen molar-refractivity contribution in [3.8, 4) is 0 Å². The lowest BCUT2D eigenvalue weighted by molar-refractivity contribution is 0.472. The Bertz CT molecular complexity index is 258. The van der Waals surface area contributed by atoms with Gasteiger partial charge in [-0.3, -0.25) is 4.68 Å². The summed E-state index contributed by atoms with van der Waals surface area (Å²) in [7, 11) is 0. The Labute approximate surface area is 90.3 Å². The van der Waals surface area contributed by atoms with Gasteiger partial charge in [-0.15, -0.1) is 5.10 Å². The van der Waals surface area contributed by atoms with Gasteiger partial charge >= 0.3 is 0 Å². The van der Waals surface area contributed by atoms with Gasteiger partial charge in [0.1, 0.15) is 0 Å². The molecule has 0 aliphatic heterocycles. The van der Waals surface area contributed by atoms with Crippen LogP contribution in [0.1, 0.15) is 26.0 Å². The fourth-order valence-electron chi connectivity index (χ4n) is 1.31. The van der Waals surface area contributed by atoms with Crippen molar-refractivity contribution in [2.75, 3.05) is 12.0 Å². The van der Waals surface area contributed by atoms with Crippen molar-refractivity contribution in [2.24, 2.45) is 5.92 Å². The van der Waals surface area contributed by atoms with Crippen molar-refractivity contribution in [2.45, 2.75) is 33.2 Å². The fraction of sp³-hybridized carbons (Fsp3) is 0.800. The van der Waals surface area contributed by atoms with E-state index in [1.165, 1.54) is 12.2 Å². The quantitative estimate of drug-likeness (QED) is 0.679. The molecule has 80 valence electrons. The van der Waals surface area contributed by atoms with E-state index >= 15 is 0 Å². The summed E-state index contributed by atoms with van der Waals surface area (Å²) >= 11 is 1.88. The van der Waals surface area contributed by atoms with Gasteiger partial charge in [0.2, 0.25) is 0 Å². The van der Waals surface area contributed by atoms with E-state index in [0.29, 0.717) is 5.92 Å². The summed E-state index contributed by atoms with van der Waals surface area (Å²) in [6.07, 6.45) is 6.45. The average molecular weight is 213 g/mol. The largest absolute Gasteiger partial charge is 0.252 e. The summed E-state index contributed by atoms with van der Waals surface area (Å²) in [5, 5.41) is 8.24. The van der Waals surface area contributed by atoms with Gasteiger partial charge in [-0.25, -0.2) is 0 Å². The maximum absolute atomic E-state index is 4.14. The zero-order valence-electron chi connectivity index (χ0n) is 9.23. The van der Waals surface area contributed by atoms with Crippen molar-refractivity contribution < 1.29 is 0 Å². The number of aromatic nitrogens is 3. The summed E-state index contributed by atoms with van der Waals surface area (Å²) in [4.78, 5) is 0. The third-order valence-electron chi connectivity index (χ3n) is 1.92. The van der Waals surface area contributed by atoms with Crippen LogP contribution < -0.4 is 0 Å². The summed E-state index contributed by atoms with van der Waals surface area (Å²) in [6, 6.07) is 0. The van der Waals surface area contributed by atoms with Crippen LogP contribution in [0.2, 0.25) is 0 Å². The zero-order valence-corrected chi connectivity index (χ0v) is 10.0. The fourth-order valence-corrected chi connectivity index (χ4v) is 1.75. The number of hydrogen-bond acceptors (Lipinski definition) is 3. The first-order chi connectivity index (χ1) is 6.72. The van der Waals surface area contributed by atoms with Crippen molar-refractivity contribution >= 4 is 11.8 Å². The predicted molar refractivity (Wildman–Crippen MR) is 61.6 cm³/mol. The van der Waals surface area contributed by atoms with Crippen molar-refractivity contribution in [3.05, 3.63) is 11.9 Å². The summed E-state index contributed by atoms with van der Waals surface area (Å²) < 4.78 is 1.94. The minimum atomic E-state index is 0.635. The second-order valence-corrected chi connectivity index (χ2v) is 4.91. The highest BCUT2D eigenvalue weighted by Crippen LogP contribution is 2.04. The first-order valence-electron chi connectivity index (χ1n) is 5.10. The van der Waals surface area contributed by atoms with Crippen LogP contribution in [0.15, 0.2) is 6.20 Å². The summed E-state index contributed by atoms with van der Waals surface area (Å²) in [5.41, 5.74) is 1.12. The van der Waals surface area contributed by atoms with Gasteiger partial charge in [-0.05, 0) is 30.8 Å². The van der Waals surface area contributed by atoms with Crippen LogP contribution in [0.4, 0.5) is 0 Å². The van der Waals surface area contributed by atoms with Crippen LogP contribution in [0.25, 0.3) is 0 Å². The third kappa shape index (κ3) is 4.13. The SMILES string of the molecule is CSCCCc1cn(CC(C)C)nn1. The Morgan fingerprint density at radius 1 is 1.50 bits per heavy atom. The molecule has 1 rings (SSSR count). The van der Waals surface area contributed by atoms with E-state index in [2.05, 4.69) is 36.6 Å². The first kappa shape index (κ1) is 11.6. The Morgan fingerprint density at radius 3 is 2.93 bits per heavy atom. The van der Waals surface area contributed by atoms with E-state index in [0.717, 1.165) is 18.7 Å². The van der Waals surface area contributed by atoms with Gasteiger partial charge in [0, 0.05) is 12.7 Å². The summed E-state index contributed by atoms with van der Waals surface area (Å²) in [6.45, 7) is 5.35. The van der Waals surface area contributed by atoms with Crippen molar-refractivity contribution in [1.29, 1.82) is 0 Å². The average Bonchev–Trinajstić information content (AvgIpc) is 2.52. The molecule has 1 aromatic rings. The van der Waals surface area contributed by atoms with Gasteiger partial charge in [0.15, 0.2) is 0 Å². The van der Waals surface area contributed by atoms with Gasteiger partial charge < -0.3 is 0 Å². The Balaban J connectivity index is 2.35. The van der Waals surface area contributed by atoms with Crippen molar-refractivity contribution in [1.82, 2.24) is 15.0 Å². The molecule has 0 spiro atoms. The Morgan fingerprint density at radius 2 is 2.29 bits per heavy atom. The van der Waals surface area contributed by atoms with Crippen molar-refractivity contribution in [3.63, 3.8) is 0 Å². The van der Waals surface area contributed by atoms with Gasteiger partial charge in [-0.1, -0.05) is 19.1 Å². The molecule has 0 radical (unpaired) electrons. The molecule has 1 aromatic heterocycles. The number of hydrogen-bond donors (Lipinski definition) is 0. The second kappa shape index (κ2) is 6.06. The molecule has 0 bridgehead atoms. The van der Waals surface area contributed by atoms with Crippen LogP contribution in [0, 0.1) is 5.92 Å². The number of nitrogens with zero attached hydrogens (tertiary/aromatic N) is 3. The van der Waals surface area contributed by atoms with Gasteiger partial charge in [0.05, 0.1) is 5.69 Å². The van der Waals surface area contributed by atoms with E-state index in [4.69, 9.17) is 0 Å². The molecule has 4 heteroatoms. The number of rotatable bonds is 6. The highest BCUT2D eigenvalue weighted by atomic mass is 32.2. The van der Waals surface area contributed by atoms with Crippen LogP contribution in [-0.2, 0) is 13.0 Å². The third-order valence-corrected chi connectivity index (χ3v) is 2.62.